The summed E-state index contributed by atoms with van der Waals surface area (Å²) in [5, 5.41) is 18.4. The molecule has 0 aliphatic carbocycles. The van der Waals surface area contributed by atoms with Crippen molar-refractivity contribution in [3.05, 3.63) is 51.3 Å². The molecule has 1 aromatic heterocycles. The van der Waals surface area contributed by atoms with E-state index in [9.17, 15) is 10.1 Å². The molecule has 1 heterocycles. The van der Waals surface area contributed by atoms with E-state index in [-0.39, 0.29) is 10.6 Å². The van der Waals surface area contributed by atoms with Crippen LogP contribution in [0.25, 0.3) is 0 Å². The van der Waals surface area contributed by atoms with E-state index in [0.29, 0.717) is 12.1 Å². The molecule has 0 bridgehead atoms. The molecule has 0 saturated carbocycles. The monoisotopic (exact) mass is 260 g/mol. The van der Waals surface area contributed by atoms with E-state index < -0.39 is 0 Å². The molecule has 19 heavy (non-hydrogen) atoms. The van der Waals surface area contributed by atoms with Crippen LogP contribution in [-0.2, 0) is 13.6 Å². The summed E-state index contributed by atoms with van der Waals surface area (Å²) in [5.41, 5.74) is 3.61. The molecule has 6 nitrogen and oxygen atoms in total. The molecule has 2 aromatic rings. The van der Waals surface area contributed by atoms with Crippen molar-refractivity contribution in [2.24, 2.45) is 7.05 Å². The number of nitro groups is 1. The minimum Gasteiger partial charge on any atom is -0.378 e. The first-order chi connectivity index (χ1) is 8.99. The van der Waals surface area contributed by atoms with Crippen LogP contribution in [0.1, 0.15) is 16.8 Å². The molecule has 100 valence electrons. The van der Waals surface area contributed by atoms with Gasteiger partial charge in [-0.1, -0.05) is 12.1 Å². The Hall–Kier alpha value is -2.37. The lowest BCUT2D eigenvalue weighted by molar-refractivity contribution is -0.385. The van der Waals surface area contributed by atoms with Gasteiger partial charge in [0.25, 0.3) is 5.69 Å². The summed E-state index contributed by atoms with van der Waals surface area (Å²) in [5.74, 6) is 0. The van der Waals surface area contributed by atoms with Gasteiger partial charge in [0.1, 0.15) is 0 Å². The van der Waals surface area contributed by atoms with E-state index in [2.05, 4.69) is 10.4 Å². The highest BCUT2D eigenvalue weighted by Crippen LogP contribution is 2.22. The zero-order valence-electron chi connectivity index (χ0n) is 11.2. The second kappa shape index (κ2) is 5.09. The molecule has 1 N–H and O–H groups in total. The van der Waals surface area contributed by atoms with Crippen molar-refractivity contribution in [3.63, 3.8) is 0 Å². The van der Waals surface area contributed by atoms with E-state index >= 15 is 0 Å². The van der Waals surface area contributed by atoms with E-state index in [1.54, 1.807) is 17.7 Å². The van der Waals surface area contributed by atoms with Gasteiger partial charge >= 0.3 is 0 Å². The first kappa shape index (κ1) is 13.1. The Bertz CT molecular complexity index is 619. The Morgan fingerprint density at radius 3 is 2.74 bits per heavy atom. The Balaban J connectivity index is 2.18. The fourth-order valence-corrected chi connectivity index (χ4v) is 2.02. The molecular formula is C13H16N4O2. The molecule has 0 amide bonds. The van der Waals surface area contributed by atoms with Crippen LogP contribution in [0.3, 0.4) is 0 Å². The molecule has 0 spiro atoms. The SMILES string of the molecule is Cc1nn(C)cc1NCc1cccc([N+](=O)[O-])c1C. The van der Waals surface area contributed by atoms with Crippen molar-refractivity contribution in [1.29, 1.82) is 0 Å². The second-order valence-corrected chi connectivity index (χ2v) is 4.47. The lowest BCUT2D eigenvalue weighted by Gasteiger charge is -2.08. The molecule has 0 aliphatic heterocycles. The Labute approximate surface area is 111 Å². The van der Waals surface area contributed by atoms with Crippen molar-refractivity contribution in [1.82, 2.24) is 9.78 Å². The highest BCUT2D eigenvalue weighted by Gasteiger charge is 2.13. The summed E-state index contributed by atoms with van der Waals surface area (Å²) in [7, 11) is 1.86. The van der Waals surface area contributed by atoms with Gasteiger partial charge < -0.3 is 5.32 Å². The van der Waals surface area contributed by atoms with Crippen molar-refractivity contribution in [2.45, 2.75) is 20.4 Å². The predicted molar refractivity (Wildman–Crippen MR) is 73.1 cm³/mol. The third-order valence-corrected chi connectivity index (χ3v) is 3.10. The third kappa shape index (κ3) is 2.73. The van der Waals surface area contributed by atoms with E-state index in [1.807, 2.05) is 26.2 Å². The fourth-order valence-electron chi connectivity index (χ4n) is 2.02. The van der Waals surface area contributed by atoms with Gasteiger partial charge in [-0.05, 0) is 19.4 Å². The van der Waals surface area contributed by atoms with E-state index in [1.165, 1.54) is 6.07 Å². The molecule has 0 atom stereocenters. The van der Waals surface area contributed by atoms with Gasteiger partial charge in [-0.2, -0.15) is 5.10 Å². The summed E-state index contributed by atoms with van der Waals surface area (Å²) in [6, 6.07) is 5.12. The maximum Gasteiger partial charge on any atom is 0.272 e. The van der Waals surface area contributed by atoms with Crippen molar-refractivity contribution in [3.8, 4) is 0 Å². The quantitative estimate of drug-likeness (QED) is 0.677. The minimum atomic E-state index is -0.353. The average molecular weight is 260 g/mol. The summed E-state index contributed by atoms with van der Waals surface area (Å²) >= 11 is 0. The number of anilines is 1. The number of aromatic nitrogens is 2. The lowest BCUT2D eigenvalue weighted by Crippen LogP contribution is -2.03. The standard InChI is InChI=1S/C13H16N4O2/c1-9-11(5-4-6-13(9)17(18)19)7-14-12-8-16(3)15-10(12)2/h4-6,8,14H,7H2,1-3H3. The molecule has 6 heteroatoms. The van der Waals surface area contributed by atoms with Crippen molar-refractivity contribution < 1.29 is 4.92 Å². The molecular weight excluding hydrogens is 244 g/mol. The summed E-state index contributed by atoms with van der Waals surface area (Å²) < 4.78 is 1.73. The summed E-state index contributed by atoms with van der Waals surface area (Å²) in [6.45, 7) is 4.23. The van der Waals surface area contributed by atoms with Crippen LogP contribution in [0.2, 0.25) is 0 Å². The number of hydrogen-bond acceptors (Lipinski definition) is 4. The van der Waals surface area contributed by atoms with Gasteiger partial charge in [0.2, 0.25) is 0 Å². The molecule has 0 saturated heterocycles. The topological polar surface area (TPSA) is 73.0 Å². The Morgan fingerprint density at radius 1 is 1.42 bits per heavy atom. The smallest absolute Gasteiger partial charge is 0.272 e. The number of aryl methyl sites for hydroxylation is 2. The van der Waals surface area contributed by atoms with Gasteiger partial charge in [0.15, 0.2) is 0 Å². The number of nitro benzene ring substituents is 1. The molecule has 1 aromatic carbocycles. The molecule has 0 aliphatic rings. The van der Waals surface area contributed by atoms with Crippen LogP contribution in [0.15, 0.2) is 24.4 Å². The van der Waals surface area contributed by atoms with E-state index in [0.717, 1.165) is 16.9 Å². The minimum absolute atomic E-state index is 0.155. The van der Waals surface area contributed by atoms with Crippen molar-refractivity contribution in [2.75, 3.05) is 5.32 Å². The zero-order valence-corrected chi connectivity index (χ0v) is 11.2. The summed E-state index contributed by atoms with van der Waals surface area (Å²) in [4.78, 5) is 10.5. The highest BCUT2D eigenvalue weighted by molar-refractivity contribution is 5.49. The number of nitrogens with zero attached hydrogens (tertiary/aromatic N) is 3. The predicted octanol–water partition coefficient (Wildman–Crippen LogP) is 2.56. The Morgan fingerprint density at radius 2 is 2.16 bits per heavy atom. The van der Waals surface area contributed by atoms with Gasteiger partial charge in [0.05, 0.1) is 16.3 Å². The third-order valence-electron chi connectivity index (χ3n) is 3.10. The molecule has 0 unspecified atom stereocenters. The number of hydrogen-bond donors (Lipinski definition) is 1. The first-order valence-electron chi connectivity index (χ1n) is 5.96. The number of benzene rings is 1. The first-order valence-corrected chi connectivity index (χ1v) is 5.96. The summed E-state index contributed by atoms with van der Waals surface area (Å²) in [6.07, 6.45) is 1.89. The average Bonchev–Trinajstić information content (AvgIpc) is 2.66. The maximum absolute atomic E-state index is 10.9. The van der Waals surface area contributed by atoms with Crippen LogP contribution in [0.4, 0.5) is 11.4 Å². The second-order valence-electron chi connectivity index (χ2n) is 4.47. The Kier molecular flexibility index (Phi) is 3.50. The van der Waals surface area contributed by atoms with E-state index in [4.69, 9.17) is 0 Å². The van der Waals surface area contributed by atoms with Crippen LogP contribution in [-0.4, -0.2) is 14.7 Å². The molecule has 0 fully saturated rings. The fraction of sp³-hybridized carbons (Fsp3) is 0.308. The van der Waals surface area contributed by atoms with Crippen LogP contribution < -0.4 is 5.32 Å². The van der Waals surface area contributed by atoms with Crippen molar-refractivity contribution >= 4 is 11.4 Å². The lowest BCUT2D eigenvalue weighted by atomic mass is 10.1. The van der Waals surface area contributed by atoms with Gasteiger partial charge in [0, 0.05) is 31.4 Å². The van der Waals surface area contributed by atoms with Crippen LogP contribution in [0, 0.1) is 24.0 Å². The van der Waals surface area contributed by atoms with Crippen LogP contribution in [0.5, 0.6) is 0 Å². The zero-order chi connectivity index (χ0) is 14.0. The largest absolute Gasteiger partial charge is 0.378 e. The van der Waals surface area contributed by atoms with Gasteiger partial charge in [-0.25, -0.2) is 0 Å². The highest BCUT2D eigenvalue weighted by atomic mass is 16.6. The normalized spacial score (nSPS) is 10.5. The number of nitrogens with one attached hydrogen (secondary N) is 1. The maximum atomic E-state index is 10.9. The van der Waals surface area contributed by atoms with Gasteiger partial charge in [-0.3, -0.25) is 14.8 Å². The van der Waals surface area contributed by atoms with Gasteiger partial charge in [-0.15, -0.1) is 0 Å². The van der Waals surface area contributed by atoms with Crippen LogP contribution >= 0.6 is 0 Å². The molecule has 0 radical (unpaired) electrons. The molecule has 2 rings (SSSR count). The number of rotatable bonds is 4.